The van der Waals surface area contributed by atoms with Crippen LogP contribution in [-0.4, -0.2) is 22.8 Å². The lowest BCUT2D eigenvalue weighted by Gasteiger charge is -2.24. The molecule has 0 N–H and O–H groups in total. The molecule has 0 saturated carbocycles. The van der Waals surface area contributed by atoms with Crippen LogP contribution in [0.2, 0.25) is 0 Å². The number of hydrogen-bond acceptors (Lipinski definition) is 4. The lowest BCUT2D eigenvalue weighted by molar-refractivity contribution is -0.162. The molecule has 0 radical (unpaired) electrons. The van der Waals surface area contributed by atoms with Crippen molar-refractivity contribution < 1.29 is 19.2 Å². The molecule has 2 aromatic carbocycles. The maximum absolute atomic E-state index is 12.3. The molecular weight excluding hydrogens is 258 g/mol. The van der Waals surface area contributed by atoms with Crippen molar-refractivity contribution in [1.82, 2.24) is 5.06 Å². The van der Waals surface area contributed by atoms with E-state index >= 15 is 0 Å². The van der Waals surface area contributed by atoms with Gasteiger partial charge in [0.25, 0.3) is 11.8 Å². The number of carbonyl (C=O) groups excluding carboxylic acids is 3. The third kappa shape index (κ3) is 1.60. The van der Waals surface area contributed by atoms with Crippen molar-refractivity contribution in [2.24, 2.45) is 0 Å². The van der Waals surface area contributed by atoms with E-state index in [0.717, 1.165) is 11.5 Å². The van der Waals surface area contributed by atoms with Crippen LogP contribution in [0.3, 0.4) is 0 Å². The molecule has 0 bridgehead atoms. The van der Waals surface area contributed by atoms with Gasteiger partial charge in [-0.15, -0.1) is 0 Å². The molecule has 5 heteroatoms. The van der Waals surface area contributed by atoms with Crippen molar-refractivity contribution in [2.45, 2.75) is 0 Å². The Kier molecular flexibility index (Phi) is 2.61. The van der Waals surface area contributed by atoms with E-state index in [1.807, 2.05) is 12.1 Å². The molecule has 2 amide bonds. The molecule has 0 aromatic heterocycles. The Morgan fingerprint density at radius 3 is 2.10 bits per heavy atom. The predicted molar refractivity (Wildman–Crippen MR) is 70.7 cm³/mol. The summed E-state index contributed by atoms with van der Waals surface area (Å²) in [7, 11) is 0. The van der Waals surface area contributed by atoms with Gasteiger partial charge in [0, 0.05) is 11.5 Å². The summed E-state index contributed by atoms with van der Waals surface area (Å²) in [5.41, 5.74) is 0.657. The minimum absolute atomic E-state index is 0.328. The van der Waals surface area contributed by atoms with Crippen LogP contribution in [-0.2, 0) is 9.63 Å². The number of amides is 2. The zero-order valence-corrected chi connectivity index (χ0v) is 10.3. The summed E-state index contributed by atoms with van der Waals surface area (Å²) >= 11 is 0. The molecule has 3 rings (SSSR count). The summed E-state index contributed by atoms with van der Waals surface area (Å²) in [5, 5.41) is 1.84. The van der Waals surface area contributed by atoms with Crippen LogP contribution in [0.4, 0.5) is 0 Å². The van der Waals surface area contributed by atoms with E-state index < -0.39 is 17.8 Å². The Morgan fingerprint density at radius 2 is 1.60 bits per heavy atom. The second-order valence-corrected chi connectivity index (χ2v) is 4.23. The van der Waals surface area contributed by atoms with Crippen LogP contribution >= 0.6 is 0 Å². The SMILES string of the molecule is C=CC(=O)ON1C(=O)c2cccc3cccc(c23)C1=O. The van der Waals surface area contributed by atoms with Gasteiger partial charge in [-0.2, -0.15) is 0 Å². The molecule has 20 heavy (non-hydrogen) atoms. The Labute approximate surface area is 114 Å². The minimum Gasteiger partial charge on any atom is -0.325 e. The van der Waals surface area contributed by atoms with Crippen molar-refractivity contribution >= 4 is 28.6 Å². The number of benzene rings is 2. The smallest absolute Gasteiger partial charge is 0.325 e. The van der Waals surface area contributed by atoms with Crippen LogP contribution in [0.25, 0.3) is 10.8 Å². The fraction of sp³-hybridized carbons (Fsp3) is 0. The molecule has 5 nitrogen and oxygen atoms in total. The predicted octanol–water partition coefficient (Wildman–Crippen LogP) is 2.08. The van der Waals surface area contributed by atoms with Gasteiger partial charge < -0.3 is 4.84 Å². The van der Waals surface area contributed by atoms with Gasteiger partial charge in [-0.3, -0.25) is 9.59 Å². The largest absolute Gasteiger partial charge is 0.356 e. The summed E-state index contributed by atoms with van der Waals surface area (Å²) in [6.07, 6.45) is 0.891. The van der Waals surface area contributed by atoms with E-state index in [1.54, 1.807) is 24.3 Å². The number of hydrogen-bond donors (Lipinski definition) is 0. The molecule has 0 saturated heterocycles. The van der Waals surface area contributed by atoms with Crippen molar-refractivity contribution in [3.8, 4) is 0 Å². The van der Waals surface area contributed by atoms with E-state index in [9.17, 15) is 14.4 Å². The topological polar surface area (TPSA) is 63.7 Å². The number of nitrogens with zero attached hydrogens (tertiary/aromatic N) is 1. The van der Waals surface area contributed by atoms with E-state index in [-0.39, 0.29) is 0 Å². The first kappa shape index (κ1) is 12.1. The molecular formula is C15H9NO4. The molecule has 1 aliphatic rings. The highest BCUT2D eigenvalue weighted by atomic mass is 16.7. The highest BCUT2D eigenvalue weighted by molar-refractivity contribution is 6.25. The zero-order chi connectivity index (χ0) is 14.3. The second-order valence-electron chi connectivity index (χ2n) is 4.23. The monoisotopic (exact) mass is 267 g/mol. The molecule has 2 aromatic rings. The summed E-state index contributed by atoms with van der Waals surface area (Å²) in [5.74, 6) is -2.18. The maximum atomic E-state index is 12.3. The lowest BCUT2D eigenvalue weighted by atomic mass is 9.95. The number of hydroxylamine groups is 2. The highest BCUT2D eigenvalue weighted by Crippen LogP contribution is 2.29. The van der Waals surface area contributed by atoms with Gasteiger partial charge in [0.2, 0.25) is 0 Å². The van der Waals surface area contributed by atoms with Gasteiger partial charge in [-0.05, 0) is 17.5 Å². The van der Waals surface area contributed by atoms with Gasteiger partial charge in [0.1, 0.15) is 0 Å². The van der Waals surface area contributed by atoms with Crippen molar-refractivity contribution in [1.29, 1.82) is 0 Å². The van der Waals surface area contributed by atoms with Crippen LogP contribution in [0.15, 0.2) is 49.1 Å². The second kappa shape index (κ2) is 4.31. The third-order valence-electron chi connectivity index (χ3n) is 3.08. The minimum atomic E-state index is -0.863. The molecule has 0 aliphatic carbocycles. The van der Waals surface area contributed by atoms with Crippen LogP contribution < -0.4 is 0 Å². The summed E-state index contributed by atoms with van der Waals surface area (Å²) in [6, 6.07) is 10.2. The maximum Gasteiger partial charge on any atom is 0.356 e. The van der Waals surface area contributed by atoms with Gasteiger partial charge in [-0.1, -0.05) is 35.9 Å². The van der Waals surface area contributed by atoms with Crippen LogP contribution in [0.1, 0.15) is 20.7 Å². The van der Waals surface area contributed by atoms with Crippen LogP contribution in [0, 0.1) is 0 Å². The molecule has 0 atom stereocenters. The summed E-state index contributed by atoms with van der Waals surface area (Å²) in [4.78, 5) is 40.5. The van der Waals surface area contributed by atoms with E-state index in [2.05, 4.69) is 6.58 Å². The Hall–Kier alpha value is -2.95. The molecule has 0 fully saturated rings. The Balaban J connectivity index is 2.21. The van der Waals surface area contributed by atoms with Crippen LogP contribution in [0.5, 0.6) is 0 Å². The first-order valence-corrected chi connectivity index (χ1v) is 5.88. The molecule has 98 valence electrons. The summed E-state index contributed by atoms with van der Waals surface area (Å²) < 4.78 is 0. The molecule has 0 unspecified atom stereocenters. The standard InChI is InChI=1S/C15H9NO4/c1-2-12(17)20-16-14(18)10-7-3-5-9-6-4-8-11(13(9)10)15(16)19/h2-8H,1H2. The van der Waals surface area contributed by atoms with E-state index in [1.165, 1.54) is 0 Å². The first-order valence-electron chi connectivity index (χ1n) is 5.88. The highest BCUT2D eigenvalue weighted by Gasteiger charge is 2.35. The Bertz CT molecular complexity index is 728. The fourth-order valence-corrected chi connectivity index (χ4v) is 2.22. The number of imide groups is 1. The van der Waals surface area contributed by atoms with Crippen molar-refractivity contribution in [3.05, 3.63) is 60.2 Å². The van der Waals surface area contributed by atoms with E-state index in [4.69, 9.17) is 4.84 Å². The average molecular weight is 267 g/mol. The number of rotatable bonds is 2. The number of carbonyl (C=O) groups is 3. The first-order chi connectivity index (χ1) is 9.63. The molecule has 1 heterocycles. The van der Waals surface area contributed by atoms with E-state index in [0.29, 0.717) is 21.6 Å². The van der Waals surface area contributed by atoms with Gasteiger partial charge in [-0.25, -0.2) is 4.79 Å². The lowest BCUT2D eigenvalue weighted by Crippen LogP contribution is -2.41. The average Bonchev–Trinajstić information content (AvgIpc) is 2.48. The molecule has 0 spiro atoms. The van der Waals surface area contributed by atoms with Crippen molar-refractivity contribution in [3.63, 3.8) is 0 Å². The quantitative estimate of drug-likeness (QED) is 0.617. The Morgan fingerprint density at radius 1 is 1.05 bits per heavy atom. The van der Waals surface area contributed by atoms with Gasteiger partial charge >= 0.3 is 5.97 Å². The van der Waals surface area contributed by atoms with Gasteiger partial charge in [0.05, 0.1) is 11.1 Å². The summed E-state index contributed by atoms with van der Waals surface area (Å²) in [6.45, 7) is 3.24. The van der Waals surface area contributed by atoms with Gasteiger partial charge in [0.15, 0.2) is 0 Å². The zero-order valence-electron chi connectivity index (χ0n) is 10.3. The van der Waals surface area contributed by atoms with Crippen molar-refractivity contribution in [2.75, 3.05) is 0 Å². The normalized spacial score (nSPS) is 13.5. The third-order valence-corrected chi connectivity index (χ3v) is 3.08. The molecule has 1 aliphatic heterocycles. The fourth-order valence-electron chi connectivity index (χ4n) is 2.22.